The summed E-state index contributed by atoms with van der Waals surface area (Å²) in [6, 6.07) is 0. The van der Waals surface area contributed by atoms with Crippen molar-refractivity contribution in [2.45, 2.75) is 19.8 Å². The van der Waals surface area contributed by atoms with E-state index in [0.29, 0.717) is 6.35 Å². The molecule has 2 nitrogen and oxygen atoms in total. The topological polar surface area (TPSA) is 26.3 Å². The highest BCUT2D eigenvalue weighted by molar-refractivity contribution is 7.64. The third kappa shape index (κ3) is 2.10. The van der Waals surface area contributed by atoms with Crippen molar-refractivity contribution in [1.82, 2.24) is 0 Å². The van der Waals surface area contributed by atoms with Crippen molar-refractivity contribution in [1.29, 1.82) is 0 Å². The summed E-state index contributed by atoms with van der Waals surface area (Å²) in [4.78, 5) is 0. The van der Waals surface area contributed by atoms with E-state index in [2.05, 4.69) is 6.92 Å². The minimum Gasteiger partial charge on any atom is -0.373 e. The quantitative estimate of drug-likeness (QED) is 0.594. The maximum atomic E-state index is 11.6. The molecule has 0 radical (unpaired) electrons. The monoisotopic (exact) mass is 162 g/mol. The Kier molecular flexibility index (Phi) is 2.94. The molecule has 0 aromatic heterocycles. The number of hydrogen-bond donors (Lipinski definition) is 0. The number of rotatable bonds is 3. The van der Waals surface area contributed by atoms with E-state index in [1.54, 1.807) is 0 Å². The van der Waals surface area contributed by atoms with Crippen LogP contribution in [0.5, 0.6) is 0 Å². The van der Waals surface area contributed by atoms with Crippen molar-refractivity contribution in [2.24, 2.45) is 0 Å². The van der Waals surface area contributed by atoms with Crippen LogP contribution in [0.2, 0.25) is 0 Å². The fourth-order valence-electron chi connectivity index (χ4n) is 1.15. The highest BCUT2D eigenvalue weighted by Crippen LogP contribution is 2.49. The predicted octanol–water partition coefficient (Wildman–Crippen LogP) is 2.14. The Morgan fingerprint density at radius 2 is 2.40 bits per heavy atom. The highest BCUT2D eigenvalue weighted by Gasteiger charge is 2.26. The van der Waals surface area contributed by atoms with E-state index in [1.165, 1.54) is 0 Å². The molecule has 60 valence electrons. The maximum absolute atomic E-state index is 11.6. The van der Waals surface area contributed by atoms with E-state index in [0.717, 1.165) is 31.8 Å². The molecular formula is C7H15O2P. The van der Waals surface area contributed by atoms with E-state index in [9.17, 15) is 4.57 Å². The summed E-state index contributed by atoms with van der Waals surface area (Å²) in [5.41, 5.74) is 0. The van der Waals surface area contributed by atoms with Crippen molar-refractivity contribution < 1.29 is 9.30 Å². The van der Waals surface area contributed by atoms with Gasteiger partial charge in [-0.15, -0.1) is 0 Å². The van der Waals surface area contributed by atoms with Crippen LogP contribution in [0.15, 0.2) is 0 Å². The summed E-state index contributed by atoms with van der Waals surface area (Å²) in [7, 11) is -1.81. The van der Waals surface area contributed by atoms with E-state index < -0.39 is 7.14 Å². The zero-order valence-corrected chi connectivity index (χ0v) is 7.40. The Labute approximate surface area is 62.3 Å². The van der Waals surface area contributed by atoms with Gasteiger partial charge in [0.05, 0.1) is 13.0 Å². The zero-order valence-electron chi connectivity index (χ0n) is 6.51. The van der Waals surface area contributed by atoms with Crippen molar-refractivity contribution >= 4 is 7.14 Å². The van der Waals surface area contributed by atoms with Crippen LogP contribution in [-0.4, -0.2) is 25.3 Å². The van der Waals surface area contributed by atoms with Gasteiger partial charge in [0.15, 0.2) is 0 Å². The first-order valence-corrected chi connectivity index (χ1v) is 6.18. The van der Waals surface area contributed by atoms with Gasteiger partial charge < -0.3 is 9.30 Å². The molecule has 0 saturated carbocycles. The molecule has 1 rings (SSSR count). The normalized spacial score (nSPS) is 32.9. The van der Waals surface area contributed by atoms with Crippen LogP contribution < -0.4 is 0 Å². The standard InChI is InChI=1S/C7H15O2P/c1-2-3-5-10(8)6-4-9-7-10/h2-7H2,1H3/t10-/m0/s1. The summed E-state index contributed by atoms with van der Waals surface area (Å²) < 4.78 is 16.7. The third-order valence-electron chi connectivity index (χ3n) is 1.89. The highest BCUT2D eigenvalue weighted by atomic mass is 31.2. The Balaban J connectivity index is 2.29. The number of unbranched alkanes of at least 4 members (excludes halogenated alkanes) is 1. The molecular weight excluding hydrogens is 147 g/mol. The Hall–Kier alpha value is 0.190. The second-order valence-electron chi connectivity index (χ2n) is 2.90. The lowest BCUT2D eigenvalue weighted by atomic mass is 10.4. The van der Waals surface area contributed by atoms with Gasteiger partial charge in [0, 0.05) is 12.3 Å². The molecule has 1 atom stereocenters. The average Bonchev–Trinajstić information content (AvgIpc) is 2.33. The third-order valence-corrected chi connectivity index (χ3v) is 4.67. The first-order valence-electron chi connectivity index (χ1n) is 3.92. The van der Waals surface area contributed by atoms with Crippen LogP contribution >= 0.6 is 7.14 Å². The van der Waals surface area contributed by atoms with Crippen LogP contribution in [0.1, 0.15) is 19.8 Å². The molecule has 0 spiro atoms. The molecule has 0 N–H and O–H groups in total. The van der Waals surface area contributed by atoms with Crippen LogP contribution in [0.25, 0.3) is 0 Å². The average molecular weight is 162 g/mol. The van der Waals surface area contributed by atoms with Crippen molar-refractivity contribution in [3.05, 3.63) is 0 Å². The van der Waals surface area contributed by atoms with E-state index in [-0.39, 0.29) is 0 Å². The first-order chi connectivity index (χ1) is 4.77. The van der Waals surface area contributed by atoms with Gasteiger partial charge in [0.1, 0.15) is 7.14 Å². The number of hydrogen-bond acceptors (Lipinski definition) is 2. The lowest BCUT2D eigenvalue weighted by Crippen LogP contribution is -1.91. The van der Waals surface area contributed by atoms with Gasteiger partial charge in [-0.2, -0.15) is 0 Å². The van der Waals surface area contributed by atoms with Gasteiger partial charge in [-0.05, 0) is 6.42 Å². The van der Waals surface area contributed by atoms with Crippen molar-refractivity contribution in [3.63, 3.8) is 0 Å². The molecule has 0 aromatic rings. The van der Waals surface area contributed by atoms with E-state index in [4.69, 9.17) is 4.74 Å². The van der Waals surface area contributed by atoms with E-state index in [1.807, 2.05) is 0 Å². The van der Waals surface area contributed by atoms with Gasteiger partial charge >= 0.3 is 0 Å². The summed E-state index contributed by atoms with van der Waals surface area (Å²) in [6.45, 7) is 2.85. The Bertz CT molecular complexity index is 135. The lowest BCUT2D eigenvalue weighted by Gasteiger charge is -2.06. The van der Waals surface area contributed by atoms with Gasteiger partial charge in [0.25, 0.3) is 0 Å². The van der Waals surface area contributed by atoms with Crippen LogP contribution in [-0.2, 0) is 9.30 Å². The van der Waals surface area contributed by atoms with Gasteiger partial charge in [0.2, 0.25) is 0 Å². The minimum atomic E-state index is -1.81. The molecule has 3 heteroatoms. The largest absolute Gasteiger partial charge is 0.373 e. The molecule has 0 aromatic carbocycles. The molecule has 1 saturated heterocycles. The molecule has 1 aliphatic heterocycles. The Morgan fingerprint density at radius 3 is 2.90 bits per heavy atom. The molecule has 1 fully saturated rings. The fourth-order valence-corrected chi connectivity index (χ4v) is 3.45. The molecule has 0 unspecified atom stereocenters. The van der Waals surface area contributed by atoms with Crippen LogP contribution in [0.3, 0.4) is 0 Å². The van der Waals surface area contributed by atoms with Crippen molar-refractivity contribution in [3.8, 4) is 0 Å². The Morgan fingerprint density at radius 1 is 1.60 bits per heavy atom. The summed E-state index contributed by atoms with van der Waals surface area (Å²) in [5.74, 6) is 0. The molecule has 10 heavy (non-hydrogen) atoms. The summed E-state index contributed by atoms with van der Waals surface area (Å²) in [5, 5.41) is 0. The molecule has 1 aliphatic rings. The van der Waals surface area contributed by atoms with Crippen molar-refractivity contribution in [2.75, 3.05) is 25.3 Å². The smallest absolute Gasteiger partial charge is 0.114 e. The van der Waals surface area contributed by atoms with Crippen LogP contribution in [0, 0.1) is 0 Å². The molecule has 1 heterocycles. The van der Waals surface area contributed by atoms with Gasteiger partial charge in [-0.3, -0.25) is 0 Å². The second-order valence-corrected chi connectivity index (χ2v) is 6.17. The molecule has 0 bridgehead atoms. The van der Waals surface area contributed by atoms with E-state index >= 15 is 0 Å². The maximum Gasteiger partial charge on any atom is 0.114 e. The molecule has 0 amide bonds. The first kappa shape index (κ1) is 8.29. The minimum absolute atomic E-state index is 0.549. The predicted molar refractivity (Wildman–Crippen MR) is 43.1 cm³/mol. The van der Waals surface area contributed by atoms with Gasteiger partial charge in [-0.25, -0.2) is 0 Å². The second kappa shape index (κ2) is 3.54. The summed E-state index contributed by atoms with van der Waals surface area (Å²) in [6.07, 6.45) is 4.52. The SMILES string of the molecule is CCCC[P@]1(=O)CCOC1. The number of ether oxygens (including phenoxy) is 1. The van der Waals surface area contributed by atoms with Gasteiger partial charge in [-0.1, -0.05) is 13.3 Å². The fraction of sp³-hybridized carbons (Fsp3) is 1.00. The summed E-state index contributed by atoms with van der Waals surface area (Å²) >= 11 is 0. The lowest BCUT2D eigenvalue weighted by molar-refractivity contribution is 0.215. The zero-order chi connectivity index (χ0) is 7.45. The van der Waals surface area contributed by atoms with Crippen LogP contribution in [0.4, 0.5) is 0 Å². The molecule has 0 aliphatic carbocycles.